The monoisotopic (exact) mass is 506 g/mol. The molecule has 0 bridgehead atoms. The molecule has 1 amide bonds. The summed E-state index contributed by atoms with van der Waals surface area (Å²) in [5.41, 5.74) is 0.888. The normalized spacial score (nSPS) is 12.5. The minimum atomic E-state index is -3.64. The quantitative estimate of drug-likeness (QED) is 0.307. The first-order valence-corrected chi connectivity index (χ1v) is 12.9. The largest absolute Gasteiger partial charge is 0.383 e. The number of carbonyl (C=O) groups is 1. The summed E-state index contributed by atoms with van der Waals surface area (Å²) >= 11 is 1.16. The van der Waals surface area contributed by atoms with Crippen molar-refractivity contribution in [1.29, 1.82) is 0 Å². The van der Waals surface area contributed by atoms with Crippen LogP contribution in [-0.4, -0.2) is 55.4 Å². The number of fused-ring (bicyclic) bond motifs is 1. The molecule has 0 spiro atoms. The molecule has 0 radical (unpaired) electrons. The van der Waals surface area contributed by atoms with Gasteiger partial charge in [0.05, 0.1) is 26.6 Å². The van der Waals surface area contributed by atoms with Crippen molar-refractivity contribution >= 4 is 43.2 Å². The molecule has 3 aromatic rings. The molecule has 0 saturated carbocycles. The minimum absolute atomic E-state index is 0.0498. The fraction of sp³-hybridized carbons (Fsp3) is 0.364. The molecule has 0 aliphatic carbocycles. The zero-order valence-electron chi connectivity index (χ0n) is 19.1. The summed E-state index contributed by atoms with van der Waals surface area (Å²) in [5.74, 6) is -0.546. The lowest BCUT2D eigenvalue weighted by Crippen LogP contribution is -2.27. The first kappa shape index (κ1) is 25.7. The van der Waals surface area contributed by atoms with E-state index in [2.05, 4.69) is 4.99 Å². The highest BCUT2D eigenvalue weighted by atomic mass is 32.2. The van der Waals surface area contributed by atoms with E-state index in [1.54, 1.807) is 17.7 Å². The van der Waals surface area contributed by atoms with Crippen LogP contribution in [0.2, 0.25) is 0 Å². The maximum absolute atomic E-state index is 12.9. The predicted molar refractivity (Wildman–Crippen MR) is 129 cm³/mol. The summed E-state index contributed by atoms with van der Waals surface area (Å²) in [5, 5.41) is 11.1. The predicted octanol–water partition coefficient (Wildman–Crippen LogP) is 3.42. The van der Waals surface area contributed by atoms with Crippen LogP contribution in [0, 0.1) is 10.1 Å². The minimum Gasteiger partial charge on any atom is -0.383 e. The highest BCUT2D eigenvalue weighted by molar-refractivity contribution is 7.89. The Morgan fingerprint density at radius 2 is 1.94 bits per heavy atom. The summed E-state index contributed by atoms with van der Waals surface area (Å²) in [6.07, 6.45) is 1.64. The lowest BCUT2D eigenvalue weighted by Gasteiger charge is -2.16. The van der Waals surface area contributed by atoms with Crippen LogP contribution in [0.15, 0.2) is 52.4 Å². The lowest BCUT2D eigenvalue weighted by atomic mass is 10.2. The SMILES string of the molecule is CCCCN(C)S(=O)(=O)c1ccc(C(=O)N=c2sc3cc([N+](=O)[O-])ccc3n2CCOC)cc1. The van der Waals surface area contributed by atoms with E-state index >= 15 is 0 Å². The van der Waals surface area contributed by atoms with Gasteiger partial charge in [0.25, 0.3) is 11.6 Å². The van der Waals surface area contributed by atoms with E-state index < -0.39 is 20.9 Å². The van der Waals surface area contributed by atoms with Gasteiger partial charge in [0.15, 0.2) is 4.80 Å². The van der Waals surface area contributed by atoms with E-state index in [-0.39, 0.29) is 16.1 Å². The smallest absolute Gasteiger partial charge is 0.279 e. The lowest BCUT2D eigenvalue weighted by molar-refractivity contribution is -0.384. The summed E-state index contributed by atoms with van der Waals surface area (Å²) < 4.78 is 34.2. The van der Waals surface area contributed by atoms with Gasteiger partial charge in [-0.1, -0.05) is 24.7 Å². The van der Waals surface area contributed by atoms with Crippen LogP contribution >= 0.6 is 11.3 Å². The van der Waals surface area contributed by atoms with Gasteiger partial charge in [-0.25, -0.2) is 12.7 Å². The van der Waals surface area contributed by atoms with Gasteiger partial charge < -0.3 is 9.30 Å². The van der Waals surface area contributed by atoms with E-state index in [9.17, 15) is 23.3 Å². The maximum Gasteiger partial charge on any atom is 0.279 e. The number of amides is 1. The third kappa shape index (κ3) is 5.58. The number of methoxy groups -OCH3 is 1. The van der Waals surface area contributed by atoms with E-state index in [4.69, 9.17) is 4.74 Å². The van der Waals surface area contributed by atoms with E-state index in [1.165, 1.54) is 47.8 Å². The van der Waals surface area contributed by atoms with Crippen LogP contribution in [0.5, 0.6) is 0 Å². The number of nitro groups is 1. The van der Waals surface area contributed by atoms with Crippen LogP contribution in [0.25, 0.3) is 10.2 Å². The number of nitro benzene ring substituents is 1. The van der Waals surface area contributed by atoms with Crippen molar-refractivity contribution in [2.24, 2.45) is 4.99 Å². The van der Waals surface area contributed by atoms with Gasteiger partial charge in [0.1, 0.15) is 0 Å². The molecular formula is C22H26N4O6S2. The van der Waals surface area contributed by atoms with E-state index in [0.29, 0.717) is 34.7 Å². The average Bonchev–Trinajstić information content (AvgIpc) is 3.16. The fourth-order valence-electron chi connectivity index (χ4n) is 3.26. The topological polar surface area (TPSA) is 124 Å². The number of thiazole rings is 1. The van der Waals surface area contributed by atoms with Gasteiger partial charge in [-0.15, -0.1) is 0 Å². The molecule has 0 aliphatic heterocycles. The zero-order valence-corrected chi connectivity index (χ0v) is 20.8. The Hall–Kier alpha value is -2.93. The molecule has 0 aliphatic rings. The van der Waals surface area contributed by atoms with Crippen molar-refractivity contribution in [2.45, 2.75) is 31.2 Å². The standard InChI is InChI=1S/C22H26N4O6S2/c1-4-5-12-24(2)34(30,31)18-9-6-16(7-10-18)21(27)23-22-25(13-14-32-3)19-11-8-17(26(28)29)15-20(19)33-22/h6-11,15H,4-5,12-14H2,1-3H3. The molecule has 0 N–H and O–H groups in total. The molecular weight excluding hydrogens is 480 g/mol. The van der Waals surface area contributed by atoms with Gasteiger partial charge in [-0.2, -0.15) is 4.99 Å². The second kappa shape index (κ2) is 11.0. The van der Waals surface area contributed by atoms with Gasteiger partial charge in [0.2, 0.25) is 10.0 Å². The number of sulfonamides is 1. The highest BCUT2D eigenvalue weighted by Crippen LogP contribution is 2.23. The van der Waals surface area contributed by atoms with Gasteiger partial charge >= 0.3 is 0 Å². The van der Waals surface area contributed by atoms with Crippen LogP contribution in [0.1, 0.15) is 30.1 Å². The number of hydrogen-bond acceptors (Lipinski definition) is 7. The van der Waals surface area contributed by atoms with Crippen molar-refractivity contribution < 1.29 is 22.9 Å². The third-order valence-electron chi connectivity index (χ3n) is 5.23. The Balaban J connectivity index is 1.95. The molecule has 1 aromatic heterocycles. The second-order valence-electron chi connectivity index (χ2n) is 7.56. The molecule has 10 nitrogen and oxygen atoms in total. The Labute approximate surface area is 201 Å². The molecule has 0 saturated heterocycles. The van der Waals surface area contributed by atoms with Crippen molar-refractivity contribution in [3.63, 3.8) is 0 Å². The van der Waals surface area contributed by atoms with E-state index in [0.717, 1.165) is 24.2 Å². The van der Waals surface area contributed by atoms with Crippen molar-refractivity contribution in [1.82, 2.24) is 8.87 Å². The molecule has 0 unspecified atom stereocenters. The molecule has 182 valence electrons. The van der Waals surface area contributed by atoms with Gasteiger partial charge in [0, 0.05) is 44.9 Å². The molecule has 12 heteroatoms. The van der Waals surface area contributed by atoms with Gasteiger partial charge in [-0.05, 0) is 36.8 Å². The first-order valence-electron chi connectivity index (χ1n) is 10.6. The summed E-state index contributed by atoms with van der Waals surface area (Å²) in [6.45, 7) is 3.17. The Bertz CT molecular complexity index is 1360. The molecule has 0 atom stereocenters. The van der Waals surface area contributed by atoms with Crippen LogP contribution in [0.3, 0.4) is 0 Å². The maximum atomic E-state index is 12.9. The van der Waals surface area contributed by atoms with Crippen molar-refractivity contribution in [3.05, 3.63) is 62.9 Å². The number of aromatic nitrogens is 1. The number of carbonyl (C=O) groups excluding carboxylic acids is 1. The van der Waals surface area contributed by atoms with Crippen LogP contribution in [0.4, 0.5) is 5.69 Å². The number of non-ortho nitro benzene ring substituents is 1. The number of unbranched alkanes of at least 4 members (excludes halogenated alkanes) is 1. The molecule has 2 aromatic carbocycles. The molecule has 3 rings (SSSR count). The molecule has 0 fully saturated rings. The number of rotatable bonds is 10. The van der Waals surface area contributed by atoms with E-state index in [1.807, 2.05) is 6.92 Å². The van der Waals surface area contributed by atoms with Crippen LogP contribution < -0.4 is 4.80 Å². The fourth-order valence-corrected chi connectivity index (χ4v) is 5.56. The Kier molecular flexibility index (Phi) is 8.31. The highest BCUT2D eigenvalue weighted by Gasteiger charge is 2.20. The number of nitrogens with zero attached hydrogens (tertiary/aromatic N) is 4. The van der Waals surface area contributed by atoms with Crippen molar-refractivity contribution in [2.75, 3.05) is 27.3 Å². The summed E-state index contributed by atoms with van der Waals surface area (Å²) in [7, 11) is -0.553. The molecule has 34 heavy (non-hydrogen) atoms. The number of benzene rings is 2. The Morgan fingerprint density at radius 1 is 1.24 bits per heavy atom. The second-order valence-corrected chi connectivity index (χ2v) is 10.6. The van der Waals surface area contributed by atoms with Gasteiger partial charge in [-0.3, -0.25) is 14.9 Å². The third-order valence-corrected chi connectivity index (χ3v) is 8.14. The molecule has 1 heterocycles. The van der Waals surface area contributed by atoms with Crippen molar-refractivity contribution in [3.8, 4) is 0 Å². The summed E-state index contributed by atoms with van der Waals surface area (Å²) in [4.78, 5) is 28.2. The first-order chi connectivity index (χ1) is 16.2. The Morgan fingerprint density at radius 3 is 2.56 bits per heavy atom. The zero-order chi connectivity index (χ0) is 24.9. The average molecular weight is 507 g/mol. The number of hydrogen-bond donors (Lipinski definition) is 0. The summed E-state index contributed by atoms with van der Waals surface area (Å²) in [6, 6.07) is 10.1. The van der Waals surface area contributed by atoms with Crippen LogP contribution in [-0.2, 0) is 21.3 Å². The number of ether oxygens (including phenoxy) is 1.